The summed E-state index contributed by atoms with van der Waals surface area (Å²) in [6.45, 7) is 10.7. The molecule has 0 N–H and O–H groups in total. The van der Waals surface area contributed by atoms with Crippen molar-refractivity contribution in [3.05, 3.63) is 0 Å². The molecule has 2 aliphatic rings. The molecule has 0 aromatic heterocycles. The Hall–Kier alpha value is -0.810. The van der Waals surface area contributed by atoms with Gasteiger partial charge in [-0.25, -0.2) is 4.79 Å². The Morgan fingerprint density at radius 3 is 2.73 bits per heavy atom. The van der Waals surface area contributed by atoms with E-state index in [-0.39, 0.29) is 17.8 Å². The van der Waals surface area contributed by atoms with Gasteiger partial charge in [-0.05, 0) is 52.9 Å². The number of rotatable bonds is 4. The number of carbonyl (C=O) groups excluding carboxylic acids is 1. The molecule has 0 bridgehead atoms. The van der Waals surface area contributed by atoms with Crippen LogP contribution in [0.25, 0.3) is 0 Å². The first-order valence-corrected chi connectivity index (χ1v) is 8.57. The fourth-order valence-corrected chi connectivity index (χ4v) is 3.13. The normalized spacial score (nSPS) is 29.6. The van der Waals surface area contributed by atoms with Crippen LogP contribution in [0.5, 0.6) is 0 Å². The fraction of sp³-hybridized carbons (Fsp3) is 0.941. The number of amides is 1. The molecule has 2 saturated heterocycles. The molecule has 2 rings (SSSR count). The monoisotopic (exact) mass is 313 g/mol. The van der Waals surface area contributed by atoms with E-state index < -0.39 is 5.60 Å². The van der Waals surface area contributed by atoms with Crippen molar-refractivity contribution in [2.24, 2.45) is 0 Å². The van der Waals surface area contributed by atoms with Gasteiger partial charge in [-0.3, -0.25) is 0 Å². The molecule has 0 aromatic rings. The van der Waals surface area contributed by atoms with Gasteiger partial charge in [0.25, 0.3) is 0 Å². The number of nitrogens with zero attached hydrogens (tertiary/aromatic N) is 1. The lowest BCUT2D eigenvalue weighted by Gasteiger charge is -2.42. The van der Waals surface area contributed by atoms with E-state index in [9.17, 15) is 4.79 Å². The quantitative estimate of drug-likeness (QED) is 0.798. The zero-order valence-corrected chi connectivity index (χ0v) is 14.5. The largest absolute Gasteiger partial charge is 0.444 e. The Bertz CT molecular complexity index is 373. The van der Waals surface area contributed by atoms with Crippen molar-refractivity contribution < 1.29 is 19.0 Å². The van der Waals surface area contributed by atoms with Crippen LogP contribution in [0.2, 0.25) is 0 Å². The van der Waals surface area contributed by atoms with Crippen LogP contribution in [0.4, 0.5) is 4.79 Å². The van der Waals surface area contributed by atoms with Crippen molar-refractivity contribution in [2.75, 3.05) is 26.3 Å². The van der Waals surface area contributed by atoms with Gasteiger partial charge in [0.2, 0.25) is 0 Å². The molecule has 0 spiro atoms. The highest BCUT2D eigenvalue weighted by Crippen LogP contribution is 2.30. The van der Waals surface area contributed by atoms with E-state index in [1.54, 1.807) is 4.90 Å². The molecule has 128 valence electrons. The average Bonchev–Trinajstić information content (AvgIpc) is 2.97. The third-order valence-electron chi connectivity index (χ3n) is 4.43. The second-order valence-electron chi connectivity index (χ2n) is 7.49. The van der Waals surface area contributed by atoms with Crippen LogP contribution in [-0.2, 0) is 14.2 Å². The van der Waals surface area contributed by atoms with Crippen LogP contribution < -0.4 is 0 Å². The third kappa shape index (κ3) is 4.85. The van der Waals surface area contributed by atoms with Crippen LogP contribution in [0.3, 0.4) is 0 Å². The van der Waals surface area contributed by atoms with E-state index in [0.717, 1.165) is 45.3 Å². The molecule has 2 fully saturated rings. The maximum atomic E-state index is 12.3. The lowest BCUT2D eigenvalue weighted by molar-refractivity contribution is -0.117. The highest BCUT2D eigenvalue weighted by atomic mass is 16.6. The smallest absolute Gasteiger partial charge is 0.410 e. The molecule has 2 unspecified atom stereocenters. The summed E-state index contributed by atoms with van der Waals surface area (Å²) in [5.74, 6) is 0. The average molecular weight is 313 g/mol. The van der Waals surface area contributed by atoms with Gasteiger partial charge in [0, 0.05) is 13.2 Å². The number of hydrogen-bond donors (Lipinski definition) is 0. The molecule has 2 heterocycles. The summed E-state index contributed by atoms with van der Waals surface area (Å²) in [5, 5.41) is 0. The van der Waals surface area contributed by atoms with Gasteiger partial charge in [0.05, 0.1) is 24.9 Å². The maximum absolute atomic E-state index is 12.3. The van der Waals surface area contributed by atoms with Gasteiger partial charge in [-0.15, -0.1) is 0 Å². The number of ether oxygens (including phenoxy) is 3. The summed E-state index contributed by atoms with van der Waals surface area (Å²) in [4.78, 5) is 14.1. The number of carbonyl (C=O) groups is 1. The number of hydrogen-bond acceptors (Lipinski definition) is 4. The van der Waals surface area contributed by atoms with E-state index in [4.69, 9.17) is 14.2 Å². The highest BCUT2D eigenvalue weighted by Gasteiger charge is 2.38. The Balaban J connectivity index is 1.91. The molecule has 2 aliphatic heterocycles. The zero-order chi connectivity index (χ0) is 16.2. The van der Waals surface area contributed by atoms with Crippen molar-refractivity contribution in [2.45, 2.75) is 77.1 Å². The van der Waals surface area contributed by atoms with Crippen LogP contribution in [0.15, 0.2) is 0 Å². The van der Waals surface area contributed by atoms with Gasteiger partial charge in [0.1, 0.15) is 5.60 Å². The SMILES string of the molecule is CCC1(OCC2CCCO2)CCCN(C(=O)OC(C)(C)C)C1. The van der Waals surface area contributed by atoms with Gasteiger partial charge < -0.3 is 19.1 Å². The summed E-state index contributed by atoms with van der Waals surface area (Å²) < 4.78 is 17.4. The molecule has 5 heteroatoms. The Morgan fingerprint density at radius 1 is 1.36 bits per heavy atom. The molecular weight excluding hydrogens is 282 g/mol. The van der Waals surface area contributed by atoms with Crippen LogP contribution in [0.1, 0.15) is 59.8 Å². The Labute approximate surface area is 134 Å². The molecule has 22 heavy (non-hydrogen) atoms. The lowest BCUT2D eigenvalue weighted by atomic mass is 9.90. The first-order valence-electron chi connectivity index (χ1n) is 8.57. The molecular formula is C17H31NO4. The highest BCUT2D eigenvalue weighted by molar-refractivity contribution is 5.68. The lowest BCUT2D eigenvalue weighted by Crippen LogP contribution is -2.53. The van der Waals surface area contributed by atoms with Gasteiger partial charge in [-0.2, -0.15) is 0 Å². The van der Waals surface area contributed by atoms with Crippen LogP contribution in [0, 0.1) is 0 Å². The standard InChI is InChI=1S/C17H31NO4/c1-5-17(21-12-14-8-6-11-20-14)9-7-10-18(13-17)15(19)22-16(2,3)4/h14H,5-13H2,1-4H3. The van der Waals surface area contributed by atoms with E-state index >= 15 is 0 Å². The molecule has 1 amide bonds. The summed E-state index contributed by atoms with van der Waals surface area (Å²) in [5.41, 5.74) is -0.705. The van der Waals surface area contributed by atoms with Crippen molar-refractivity contribution in [1.82, 2.24) is 4.90 Å². The minimum Gasteiger partial charge on any atom is -0.444 e. The minimum absolute atomic E-state index is 0.223. The maximum Gasteiger partial charge on any atom is 0.410 e. The minimum atomic E-state index is -0.456. The fourth-order valence-electron chi connectivity index (χ4n) is 3.13. The van der Waals surface area contributed by atoms with E-state index in [1.165, 1.54) is 0 Å². The topological polar surface area (TPSA) is 48.0 Å². The van der Waals surface area contributed by atoms with E-state index in [0.29, 0.717) is 13.2 Å². The number of likely N-dealkylation sites (tertiary alicyclic amines) is 1. The first-order chi connectivity index (χ1) is 10.3. The van der Waals surface area contributed by atoms with Gasteiger partial charge in [-0.1, -0.05) is 6.92 Å². The van der Waals surface area contributed by atoms with Gasteiger partial charge in [0.15, 0.2) is 0 Å². The zero-order valence-electron chi connectivity index (χ0n) is 14.5. The molecule has 0 radical (unpaired) electrons. The van der Waals surface area contributed by atoms with Crippen molar-refractivity contribution in [1.29, 1.82) is 0 Å². The van der Waals surface area contributed by atoms with E-state index in [2.05, 4.69) is 6.92 Å². The van der Waals surface area contributed by atoms with Crippen molar-refractivity contribution >= 4 is 6.09 Å². The summed E-state index contributed by atoms with van der Waals surface area (Å²) in [6, 6.07) is 0. The second kappa shape index (κ2) is 7.18. The molecule has 0 aromatic carbocycles. The second-order valence-corrected chi connectivity index (χ2v) is 7.49. The molecule has 5 nitrogen and oxygen atoms in total. The van der Waals surface area contributed by atoms with Gasteiger partial charge >= 0.3 is 6.09 Å². The Kier molecular flexibility index (Phi) is 5.72. The third-order valence-corrected chi connectivity index (χ3v) is 4.43. The number of piperidine rings is 1. The first kappa shape index (κ1) is 17.5. The molecule has 0 saturated carbocycles. The summed E-state index contributed by atoms with van der Waals surface area (Å²) >= 11 is 0. The Morgan fingerprint density at radius 2 is 2.14 bits per heavy atom. The predicted octanol–water partition coefficient (Wildman–Crippen LogP) is 3.36. The summed E-state index contributed by atoms with van der Waals surface area (Å²) in [7, 11) is 0. The molecule has 2 atom stereocenters. The molecule has 0 aliphatic carbocycles. The van der Waals surface area contributed by atoms with Crippen molar-refractivity contribution in [3.8, 4) is 0 Å². The van der Waals surface area contributed by atoms with E-state index in [1.807, 2.05) is 20.8 Å². The predicted molar refractivity (Wildman–Crippen MR) is 85.0 cm³/mol. The van der Waals surface area contributed by atoms with Crippen molar-refractivity contribution in [3.63, 3.8) is 0 Å². The summed E-state index contributed by atoms with van der Waals surface area (Å²) in [6.07, 6.45) is 5.05. The van der Waals surface area contributed by atoms with Crippen LogP contribution in [-0.4, -0.2) is 54.6 Å². The van der Waals surface area contributed by atoms with Crippen LogP contribution >= 0.6 is 0 Å².